The second kappa shape index (κ2) is 6.38. The van der Waals surface area contributed by atoms with Crippen molar-refractivity contribution < 1.29 is 13.2 Å². The predicted octanol–water partition coefficient (Wildman–Crippen LogP) is 4.74. The van der Waals surface area contributed by atoms with Crippen molar-refractivity contribution in [1.29, 1.82) is 5.26 Å². The van der Waals surface area contributed by atoms with Gasteiger partial charge in [-0.05, 0) is 37.5 Å². The van der Waals surface area contributed by atoms with Crippen LogP contribution < -0.4 is 4.90 Å². The van der Waals surface area contributed by atoms with Crippen LogP contribution in [0, 0.1) is 11.3 Å². The van der Waals surface area contributed by atoms with Crippen LogP contribution in [0.1, 0.15) is 50.2 Å². The average molecular weight is 296 g/mol. The SMILES string of the molecule is CCC1CCCCCN1c1ccc(C#N)c(C(F)(F)F)c1. The fourth-order valence-corrected chi connectivity index (χ4v) is 2.98. The lowest BCUT2D eigenvalue weighted by Gasteiger charge is -2.32. The Morgan fingerprint density at radius 1 is 1.29 bits per heavy atom. The Bertz CT molecular complexity index is 531. The van der Waals surface area contributed by atoms with Gasteiger partial charge in [0.2, 0.25) is 0 Å². The van der Waals surface area contributed by atoms with Crippen LogP contribution in [0.15, 0.2) is 18.2 Å². The molecule has 1 saturated heterocycles. The quantitative estimate of drug-likeness (QED) is 0.788. The molecule has 1 aliphatic heterocycles. The summed E-state index contributed by atoms with van der Waals surface area (Å²) >= 11 is 0. The first-order chi connectivity index (χ1) is 9.97. The second-order valence-corrected chi connectivity index (χ2v) is 5.44. The van der Waals surface area contributed by atoms with E-state index >= 15 is 0 Å². The molecular formula is C16H19F3N2. The van der Waals surface area contributed by atoms with Crippen molar-refractivity contribution in [3.8, 4) is 6.07 Å². The van der Waals surface area contributed by atoms with Crippen LogP contribution >= 0.6 is 0 Å². The first-order valence-corrected chi connectivity index (χ1v) is 7.35. The van der Waals surface area contributed by atoms with Crippen molar-refractivity contribution in [3.05, 3.63) is 29.3 Å². The Morgan fingerprint density at radius 2 is 2.05 bits per heavy atom. The number of nitrogens with zero attached hydrogens (tertiary/aromatic N) is 2. The standard InChI is InChI=1S/C16H19F3N2/c1-2-13-6-4-3-5-9-21(13)14-8-7-12(11-20)15(10-14)16(17,18)19/h7-8,10,13H,2-6,9H2,1H3. The normalized spacial score (nSPS) is 20.0. The molecule has 1 aliphatic rings. The van der Waals surface area contributed by atoms with Crippen LogP contribution in [0.5, 0.6) is 0 Å². The number of rotatable bonds is 2. The van der Waals surface area contributed by atoms with Crippen LogP contribution in [-0.4, -0.2) is 12.6 Å². The van der Waals surface area contributed by atoms with E-state index in [9.17, 15) is 13.2 Å². The third-order valence-electron chi connectivity index (χ3n) is 4.11. The number of benzene rings is 1. The average Bonchev–Trinajstić information content (AvgIpc) is 2.70. The lowest BCUT2D eigenvalue weighted by atomic mass is 10.0. The highest BCUT2D eigenvalue weighted by molar-refractivity contribution is 5.55. The Labute approximate surface area is 123 Å². The molecule has 1 aromatic rings. The van der Waals surface area contributed by atoms with Crippen LogP contribution in [-0.2, 0) is 6.18 Å². The van der Waals surface area contributed by atoms with Gasteiger partial charge in [0.05, 0.1) is 17.2 Å². The van der Waals surface area contributed by atoms with Crippen molar-refractivity contribution in [3.63, 3.8) is 0 Å². The van der Waals surface area contributed by atoms with Crippen LogP contribution in [0.3, 0.4) is 0 Å². The highest BCUT2D eigenvalue weighted by atomic mass is 19.4. The zero-order valence-corrected chi connectivity index (χ0v) is 12.1. The van der Waals surface area contributed by atoms with E-state index in [4.69, 9.17) is 5.26 Å². The van der Waals surface area contributed by atoms with Crippen molar-refractivity contribution in [2.24, 2.45) is 0 Å². The smallest absolute Gasteiger partial charge is 0.369 e. The van der Waals surface area contributed by atoms with Gasteiger partial charge in [-0.3, -0.25) is 0 Å². The second-order valence-electron chi connectivity index (χ2n) is 5.44. The highest BCUT2D eigenvalue weighted by Gasteiger charge is 2.34. The summed E-state index contributed by atoms with van der Waals surface area (Å²) in [5.41, 5.74) is -0.564. The Morgan fingerprint density at radius 3 is 2.67 bits per heavy atom. The van der Waals surface area contributed by atoms with E-state index in [0.717, 1.165) is 44.7 Å². The van der Waals surface area contributed by atoms with Gasteiger partial charge in [0.15, 0.2) is 0 Å². The molecule has 0 aliphatic carbocycles. The van der Waals surface area contributed by atoms with Gasteiger partial charge >= 0.3 is 6.18 Å². The largest absolute Gasteiger partial charge is 0.417 e. The van der Waals surface area contributed by atoms with E-state index in [1.165, 1.54) is 6.07 Å². The number of alkyl halides is 3. The molecule has 0 spiro atoms. The van der Waals surface area contributed by atoms with Gasteiger partial charge in [0, 0.05) is 18.3 Å². The predicted molar refractivity (Wildman–Crippen MR) is 76.1 cm³/mol. The third-order valence-corrected chi connectivity index (χ3v) is 4.11. The number of hydrogen-bond acceptors (Lipinski definition) is 2. The van der Waals surface area contributed by atoms with Crippen molar-refractivity contribution in [2.45, 2.75) is 51.2 Å². The first kappa shape index (κ1) is 15.7. The van der Waals surface area contributed by atoms with Crippen LogP contribution in [0.4, 0.5) is 18.9 Å². The monoisotopic (exact) mass is 296 g/mol. The molecule has 0 saturated carbocycles. The van der Waals surface area contributed by atoms with E-state index in [1.54, 1.807) is 12.1 Å². The molecule has 1 atom stereocenters. The molecule has 2 nitrogen and oxygen atoms in total. The van der Waals surface area contributed by atoms with Crippen LogP contribution in [0.25, 0.3) is 0 Å². The van der Waals surface area contributed by atoms with Gasteiger partial charge in [-0.25, -0.2) is 0 Å². The summed E-state index contributed by atoms with van der Waals surface area (Å²) in [5, 5.41) is 8.86. The number of hydrogen-bond donors (Lipinski definition) is 0. The summed E-state index contributed by atoms with van der Waals surface area (Å²) in [5.74, 6) is 0. The molecule has 0 aromatic heterocycles. The van der Waals surface area contributed by atoms with E-state index in [1.807, 2.05) is 0 Å². The topological polar surface area (TPSA) is 27.0 Å². The summed E-state index contributed by atoms with van der Waals surface area (Å²) in [6.07, 6.45) is 0.679. The van der Waals surface area contributed by atoms with Gasteiger partial charge in [0.1, 0.15) is 0 Å². The van der Waals surface area contributed by atoms with Gasteiger partial charge in [0.25, 0.3) is 0 Å². The van der Waals surface area contributed by atoms with Gasteiger partial charge < -0.3 is 4.90 Å². The van der Waals surface area contributed by atoms with Crippen molar-refractivity contribution in [2.75, 3.05) is 11.4 Å². The van der Waals surface area contributed by atoms with E-state index < -0.39 is 11.7 Å². The van der Waals surface area contributed by atoms with Crippen LogP contribution in [0.2, 0.25) is 0 Å². The maximum Gasteiger partial charge on any atom is 0.417 e. The Kier molecular flexibility index (Phi) is 4.76. The lowest BCUT2D eigenvalue weighted by molar-refractivity contribution is -0.137. The minimum Gasteiger partial charge on any atom is -0.369 e. The number of anilines is 1. The van der Waals surface area contributed by atoms with Gasteiger partial charge in [-0.15, -0.1) is 0 Å². The molecule has 2 rings (SSSR count). The minimum atomic E-state index is -4.49. The summed E-state index contributed by atoms with van der Waals surface area (Å²) < 4.78 is 39.2. The van der Waals surface area contributed by atoms with E-state index in [0.29, 0.717) is 5.69 Å². The van der Waals surface area contributed by atoms with Gasteiger partial charge in [-0.2, -0.15) is 18.4 Å². The Hall–Kier alpha value is -1.70. The maximum atomic E-state index is 13.1. The Balaban J connectivity index is 2.41. The molecule has 1 aromatic carbocycles. The molecule has 0 N–H and O–H groups in total. The highest BCUT2D eigenvalue weighted by Crippen LogP contribution is 2.36. The van der Waals surface area contributed by atoms with Crippen molar-refractivity contribution in [1.82, 2.24) is 0 Å². The molecule has 0 amide bonds. The number of nitriles is 1. The van der Waals surface area contributed by atoms with Gasteiger partial charge in [-0.1, -0.05) is 19.8 Å². The molecular weight excluding hydrogens is 277 g/mol. The van der Waals surface area contributed by atoms with E-state index in [2.05, 4.69) is 11.8 Å². The molecule has 5 heteroatoms. The lowest BCUT2D eigenvalue weighted by Crippen LogP contribution is -2.34. The molecule has 1 heterocycles. The molecule has 1 fully saturated rings. The maximum absolute atomic E-state index is 13.1. The molecule has 0 radical (unpaired) electrons. The fourth-order valence-electron chi connectivity index (χ4n) is 2.98. The summed E-state index contributed by atoms with van der Waals surface area (Å²) in [6, 6.07) is 5.97. The first-order valence-electron chi connectivity index (χ1n) is 7.35. The summed E-state index contributed by atoms with van der Waals surface area (Å²) in [4.78, 5) is 2.07. The summed E-state index contributed by atoms with van der Waals surface area (Å²) in [7, 11) is 0. The van der Waals surface area contributed by atoms with E-state index in [-0.39, 0.29) is 11.6 Å². The molecule has 114 valence electrons. The zero-order chi connectivity index (χ0) is 15.5. The molecule has 1 unspecified atom stereocenters. The number of halogens is 3. The summed E-state index contributed by atoms with van der Waals surface area (Å²) in [6.45, 7) is 2.85. The molecule has 21 heavy (non-hydrogen) atoms. The van der Waals surface area contributed by atoms with Crippen molar-refractivity contribution >= 4 is 5.69 Å². The third kappa shape index (κ3) is 3.49. The minimum absolute atomic E-state index is 0.279. The fraction of sp³-hybridized carbons (Fsp3) is 0.562. The zero-order valence-electron chi connectivity index (χ0n) is 12.1. The molecule has 0 bridgehead atoms.